The lowest BCUT2D eigenvalue weighted by Crippen LogP contribution is -2.36. The molecule has 25 heavy (non-hydrogen) atoms. The number of benzene rings is 2. The maximum absolute atomic E-state index is 12.0. The Hall–Kier alpha value is -2.21. The van der Waals surface area contributed by atoms with Gasteiger partial charge in [-0.25, -0.2) is 4.79 Å². The Morgan fingerprint density at radius 2 is 1.76 bits per heavy atom. The van der Waals surface area contributed by atoms with Gasteiger partial charge < -0.3 is 19.7 Å². The van der Waals surface area contributed by atoms with Gasteiger partial charge in [-0.2, -0.15) is 0 Å². The average Bonchev–Trinajstić information content (AvgIpc) is 2.61. The maximum atomic E-state index is 12.0. The number of rotatable bonds is 8. The molecule has 2 rings (SSSR count). The lowest BCUT2D eigenvalue weighted by molar-refractivity contribution is -0.0805. The molecule has 2 aromatic rings. The van der Waals surface area contributed by atoms with Gasteiger partial charge in [0, 0.05) is 12.0 Å². The Labute approximate surface area is 147 Å². The van der Waals surface area contributed by atoms with Gasteiger partial charge in [0.05, 0.1) is 32.0 Å². The average molecular weight is 344 g/mol. The van der Waals surface area contributed by atoms with Gasteiger partial charge in [-0.05, 0) is 18.6 Å². The van der Waals surface area contributed by atoms with Gasteiger partial charge in [0.25, 0.3) is 0 Å². The van der Waals surface area contributed by atoms with Crippen LogP contribution >= 0.6 is 0 Å². The minimum atomic E-state index is -1.51. The zero-order chi connectivity index (χ0) is 18.3. The summed E-state index contributed by atoms with van der Waals surface area (Å²) in [6.07, 6.45) is -0.730. The number of aliphatic hydroxyl groups excluding tert-OH is 1. The van der Waals surface area contributed by atoms with Crippen LogP contribution in [-0.2, 0) is 21.7 Å². The van der Waals surface area contributed by atoms with Crippen molar-refractivity contribution in [1.29, 1.82) is 0 Å². The number of aliphatic hydroxyl groups is 2. The fourth-order valence-electron chi connectivity index (χ4n) is 2.82. The van der Waals surface area contributed by atoms with Crippen molar-refractivity contribution in [2.75, 3.05) is 13.7 Å². The fourth-order valence-corrected chi connectivity index (χ4v) is 2.82. The predicted octanol–water partition coefficient (Wildman–Crippen LogP) is 2.65. The van der Waals surface area contributed by atoms with Crippen molar-refractivity contribution in [3.8, 4) is 0 Å². The van der Waals surface area contributed by atoms with E-state index in [-0.39, 0.29) is 18.6 Å². The van der Waals surface area contributed by atoms with E-state index in [0.717, 1.165) is 5.56 Å². The molecule has 0 radical (unpaired) electrons. The van der Waals surface area contributed by atoms with Crippen molar-refractivity contribution >= 4 is 5.97 Å². The van der Waals surface area contributed by atoms with E-state index in [4.69, 9.17) is 9.47 Å². The minimum Gasteiger partial charge on any atom is -0.465 e. The van der Waals surface area contributed by atoms with Gasteiger partial charge >= 0.3 is 5.97 Å². The third kappa shape index (κ3) is 5.13. The second-order valence-electron chi connectivity index (χ2n) is 6.10. The lowest BCUT2D eigenvalue weighted by atomic mass is 9.86. The largest absolute Gasteiger partial charge is 0.465 e. The highest BCUT2D eigenvalue weighted by molar-refractivity contribution is 5.91. The molecule has 0 spiro atoms. The molecule has 0 bridgehead atoms. The highest BCUT2D eigenvalue weighted by Crippen LogP contribution is 2.30. The summed E-state index contributed by atoms with van der Waals surface area (Å²) < 4.78 is 10.5. The number of carbonyl (C=O) groups is 1. The molecule has 0 saturated carbocycles. The first kappa shape index (κ1) is 19.1. The van der Waals surface area contributed by atoms with Crippen LogP contribution in [0.5, 0.6) is 0 Å². The number of ether oxygens (including phenoxy) is 2. The molecule has 0 heterocycles. The molecule has 0 amide bonds. The highest BCUT2D eigenvalue weighted by Gasteiger charge is 2.35. The van der Waals surface area contributed by atoms with Gasteiger partial charge in [-0.15, -0.1) is 0 Å². The summed E-state index contributed by atoms with van der Waals surface area (Å²) in [6, 6.07) is 16.3. The van der Waals surface area contributed by atoms with Crippen LogP contribution in [0, 0.1) is 0 Å². The summed E-state index contributed by atoms with van der Waals surface area (Å²) in [4.78, 5) is 12.0. The van der Waals surface area contributed by atoms with Gasteiger partial charge in [0.15, 0.2) is 0 Å². The molecule has 5 heteroatoms. The zero-order valence-electron chi connectivity index (χ0n) is 14.5. The molecule has 134 valence electrons. The number of esters is 1. The smallest absolute Gasteiger partial charge is 0.338 e. The van der Waals surface area contributed by atoms with Crippen molar-refractivity contribution < 1.29 is 24.5 Å². The van der Waals surface area contributed by atoms with Crippen LogP contribution in [0.25, 0.3) is 0 Å². The molecular weight excluding hydrogens is 320 g/mol. The second-order valence-corrected chi connectivity index (χ2v) is 6.10. The second kappa shape index (κ2) is 8.76. The fraction of sp³-hybridized carbons (Fsp3) is 0.350. The number of methoxy groups -OCH3 is 1. The molecule has 0 saturated heterocycles. The van der Waals surface area contributed by atoms with Crippen LogP contribution < -0.4 is 0 Å². The number of hydrogen-bond acceptors (Lipinski definition) is 5. The van der Waals surface area contributed by atoms with Gasteiger partial charge in [0.1, 0.15) is 5.60 Å². The van der Waals surface area contributed by atoms with Crippen molar-refractivity contribution in [3.63, 3.8) is 0 Å². The van der Waals surface area contributed by atoms with E-state index in [1.807, 2.05) is 30.3 Å². The number of carbonyl (C=O) groups excluding carboxylic acids is 1. The van der Waals surface area contributed by atoms with E-state index in [0.29, 0.717) is 12.2 Å². The Morgan fingerprint density at radius 1 is 1.12 bits per heavy atom. The van der Waals surface area contributed by atoms with E-state index in [2.05, 4.69) is 0 Å². The molecule has 2 atom stereocenters. The van der Waals surface area contributed by atoms with Crippen LogP contribution in [0.2, 0.25) is 0 Å². The lowest BCUT2D eigenvalue weighted by Gasteiger charge is -2.31. The predicted molar refractivity (Wildman–Crippen MR) is 94.1 cm³/mol. The summed E-state index contributed by atoms with van der Waals surface area (Å²) in [5.74, 6) is -0.539. The zero-order valence-corrected chi connectivity index (χ0v) is 14.5. The van der Waals surface area contributed by atoms with Crippen LogP contribution in [0.4, 0.5) is 0 Å². The van der Waals surface area contributed by atoms with E-state index in [9.17, 15) is 15.0 Å². The third-order valence-corrected chi connectivity index (χ3v) is 3.92. The first-order valence-electron chi connectivity index (χ1n) is 8.16. The summed E-state index contributed by atoms with van der Waals surface area (Å²) in [5.41, 5.74) is 0.115. The summed E-state index contributed by atoms with van der Waals surface area (Å²) >= 11 is 0. The van der Waals surface area contributed by atoms with Crippen LogP contribution in [0.15, 0.2) is 54.6 Å². The standard InChI is InChI=1S/C20H24O5/c1-15(21)12-20(23,14-25-13-16-8-4-3-5-9-16)18-11-7-6-10-17(18)19(22)24-2/h3-11,15,21,23H,12-14H2,1-2H3. The van der Waals surface area contributed by atoms with E-state index in [1.54, 1.807) is 31.2 Å². The van der Waals surface area contributed by atoms with Crippen molar-refractivity contribution in [1.82, 2.24) is 0 Å². The van der Waals surface area contributed by atoms with Crippen molar-refractivity contribution in [2.45, 2.75) is 31.7 Å². The molecule has 2 aromatic carbocycles. The highest BCUT2D eigenvalue weighted by atomic mass is 16.5. The molecule has 0 aliphatic carbocycles. The van der Waals surface area contributed by atoms with Crippen LogP contribution in [-0.4, -0.2) is 36.0 Å². The monoisotopic (exact) mass is 344 g/mol. The Morgan fingerprint density at radius 3 is 2.40 bits per heavy atom. The molecule has 0 aliphatic heterocycles. The topological polar surface area (TPSA) is 76.0 Å². The van der Waals surface area contributed by atoms with E-state index < -0.39 is 17.7 Å². The normalized spacial score (nSPS) is 14.6. The van der Waals surface area contributed by atoms with E-state index >= 15 is 0 Å². The Bertz CT molecular complexity index is 683. The number of hydrogen-bond donors (Lipinski definition) is 2. The molecule has 5 nitrogen and oxygen atoms in total. The van der Waals surface area contributed by atoms with E-state index in [1.165, 1.54) is 7.11 Å². The van der Waals surface area contributed by atoms with Gasteiger partial charge in [-0.3, -0.25) is 0 Å². The molecule has 0 aromatic heterocycles. The Kier molecular flexibility index (Phi) is 6.70. The van der Waals surface area contributed by atoms with Crippen molar-refractivity contribution in [2.24, 2.45) is 0 Å². The Balaban J connectivity index is 2.24. The first-order chi connectivity index (χ1) is 12.0. The third-order valence-electron chi connectivity index (χ3n) is 3.92. The van der Waals surface area contributed by atoms with Crippen molar-refractivity contribution in [3.05, 3.63) is 71.3 Å². The quantitative estimate of drug-likeness (QED) is 0.720. The van der Waals surface area contributed by atoms with Crippen LogP contribution in [0.3, 0.4) is 0 Å². The summed E-state index contributed by atoms with van der Waals surface area (Å²) in [5, 5.41) is 21.0. The minimum absolute atomic E-state index is 0.0375. The molecular formula is C20H24O5. The van der Waals surface area contributed by atoms with Gasteiger partial charge in [-0.1, -0.05) is 48.5 Å². The van der Waals surface area contributed by atoms with Crippen LogP contribution in [0.1, 0.15) is 34.8 Å². The molecule has 2 unspecified atom stereocenters. The summed E-state index contributed by atoms with van der Waals surface area (Å²) in [6.45, 7) is 1.85. The SMILES string of the molecule is COC(=O)c1ccccc1C(O)(COCc1ccccc1)CC(C)O. The molecule has 0 fully saturated rings. The molecule has 0 aliphatic rings. The summed E-state index contributed by atoms with van der Waals surface area (Å²) in [7, 11) is 1.29. The maximum Gasteiger partial charge on any atom is 0.338 e. The first-order valence-corrected chi connectivity index (χ1v) is 8.16. The van der Waals surface area contributed by atoms with Gasteiger partial charge in [0.2, 0.25) is 0 Å². The molecule has 2 N–H and O–H groups in total.